The fraction of sp³-hybridized carbons (Fsp3) is 0.625. The van der Waals surface area contributed by atoms with Crippen molar-refractivity contribution < 1.29 is 9.13 Å². The van der Waals surface area contributed by atoms with Gasteiger partial charge in [0.1, 0.15) is 5.82 Å². The topological polar surface area (TPSA) is 21.3 Å². The Morgan fingerprint density at radius 3 is 2.95 bits per heavy atom. The number of halogens is 1. The molecular formula is C16H24FNO. The van der Waals surface area contributed by atoms with Crippen LogP contribution < -0.4 is 5.32 Å². The average Bonchev–Trinajstić information content (AvgIpc) is 2.43. The molecule has 19 heavy (non-hydrogen) atoms. The SMILES string of the molecule is CCNC(Cc1cc(F)ccc1C)C1CCCCO1. The van der Waals surface area contributed by atoms with Crippen LogP contribution in [0.1, 0.15) is 37.3 Å². The molecule has 1 N–H and O–H groups in total. The van der Waals surface area contributed by atoms with Crippen LogP contribution in [0.4, 0.5) is 4.39 Å². The van der Waals surface area contributed by atoms with Crippen molar-refractivity contribution in [3.8, 4) is 0 Å². The van der Waals surface area contributed by atoms with Crippen molar-refractivity contribution in [3.63, 3.8) is 0 Å². The van der Waals surface area contributed by atoms with Crippen LogP contribution in [-0.2, 0) is 11.2 Å². The number of rotatable bonds is 5. The van der Waals surface area contributed by atoms with Gasteiger partial charge in [0, 0.05) is 12.6 Å². The molecule has 1 aliphatic rings. The molecule has 0 saturated carbocycles. The first-order valence-electron chi connectivity index (χ1n) is 7.30. The molecule has 2 rings (SSSR count). The third-order valence-corrected chi connectivity index (χ3v) is 3.88. The van der Waals surface area contributed by atoms with Crippen LogP contribution in [-0.4, -0.2) is 25.3 Å². The van der Waals surface area contributed by atoms with Crippen molar-refractivity contribution >= 4 is 0 Å². The zero-order valence-corrected chi connectivity index (χ0v) is 11.9. The molecule has 1 aromatic rings. The monoisotopic (exact) mass is 265 g/mol. The summed E-state index contributed by atoms with van der Waals surface area (Å²) in [5, 5.41) is 3.50. The third-order valence-electron chi connectivity index (χ3n) is 3.88. The molecule has 0 spiro atoms. The van der Waals surface area contributed by atoms with Crippen molar-refractivity contribution in [2.24, 2.45) is 0 Å². The molecule has 106 valence electrons. The van der Waals surface area contributed by atoms with E-state index in [9.17, 15) is 4.39 Å². The number of hydrogen-bond donors (Lipinski definition) is 1. The van der Waals surface area contributed by atoms with E-state index >= 15 is 0 Å². The summed E-state index contributed by atoms with van der Waals surface area (Å²) in [7, 11) is 0. The minimum absolute atomic E-state index is 0.152. The standard InChI is InChI=1S/C16H24FNO/c1-3-18-15(16-6-4-5-9-19-16)11-13-10-14(17)8-7-12(13)2/h7-8,10,15-16,18H,3-6,9,11H2,1-2H3. The van der Waals surface area contributed by atoms with Crippen LogP contribution in [0, 0.1) is 12.7 Å². The van der Waals surface area contributed by atoms with Gasteiger partial charge < -0.3 is 10.1 Å². The van der Waals surface area contributed by atoms with Gasteiger partial charge in [0.05, 0.1) is 6.10 Å². The lowest BCUT2D eigenvalue weighted by Gasteiger charge is -2.31. The van der Waals surface area contributed by atoms with Gasteiger partial charge in [0.2, 0.25) is 0 Å². The first kappa shape index (κ1) is 14.5. The molecular weight excluding hydrogens is 241 g/mol. The van der Waals surface area contributed by atoms with Crippen molar-refractivity contribution in [2.45, 2.75) is 51.7 Å². The van der Waals surface area contributed by atoms with Gasteiger partial charge in [0.15, 0.2) is 0 Å². The zero-order chi connectivity index (χ0) is 13.7. The molecule has 1 aliphatic heterocycles. The molecule has 0 radical (unpaired) electrons. The van der Waals surface area contributed by atoms with Crippen LogP contribution in [0.15, 0.2) is 18.2 Å². The Bertz CT molecular complexity index is 402. The van der Waals surface area contributed by atoms with E-state index in [0.29, 0.717) is 0 Å². The molecule has 0 aromatic heterocycles. The minimum Gasteiger partial charge on any atom is -0.377 e. The van der Waals surface area contributed by atoms with Crippen molar-refractivity contribution in [2.75, 3.05) is 13.2 Å². The highest BCUT2D eigenvalue weighted by atomic mass is 19.1. The average molecular weight is 265 g/mol. The second-order valence-electron chi connectivity index (χ2n) is 5.34. The van der Waals surface area contributed by atoms with Gasteiger partial charge in [-0.3, -0.25) is 0 Å². The molecule has 0 amide bonds. The third kappa shape index (κ3) is 4.02. The fourth-order valence-electron chi connectivity index (χ4n) is 2.78. The first-order valence-corrected chi connectivity index (χ1v) is 7.30. The molecule has 2 nitrogen and oxygen atoms in total. The highest BCUT2D eigenvalue weighted by Crippen LogP contribution is 2.20. The van der Waals surface area contributed by atoms with E-state index in [1.54, 1.807) is 6.07 Å². The Balaban J connectivity index is 2.08. The predicted molar refractivity (Wildman–Crippen MR) is 75.9 cm³/mol. The summed E-state index contributed by atoms with van der Waals surface area (Å²) in [6, 6.07) is 5.32. The smallest absolute Gasteiger partial charge is 0.123 e. The minimum atomic E-state index is -0.152. The molecule has 0 aliphatic carbocycles. The van der Waals surface area contributed by atoms with E-state index in [0.717, 1.165) is 43.5 Å². The van der Waals surface area contributed by atoms with Gasteiger partial charge in [-0.1, -0.05) is 13.0 Å². The molecule has 2 unspecified atom stereocenters. The Labute approximate surface area is 115 Å². The van der Waals surface area contributed by atoms with Crippen molar-refractivity contribution in [1.29, 1.82) is 0 Å². The molecule has 1 heterocycles. The number of aryl methyl sites for hydroxylation is 1. The van der Waals surface area contributed by atoms with Gasteiger partial charge >= 0.3 is 0 Å². The van der Waals surface area contributed by atoms with Crippen LogP contribution >= 0.6 is 0 Å². The molecule has 2 atom stereocenters. The summed E-state index contributed by atoms with van der Waals surface area (Å²) >= 11 is 0. The van der Waals surface area contributed by atoms with Crippen LogP contribution in [0.25, 0.3) is 0 Å². The zero-order valence-electron chi connectivity index (χ0n) is 11.9. The number of hydrogen-bond acceptors (Lipinski definition) is 2. The van der Waals surface area contributed by atoms with Gasteiger partial charge in [-0.25, -0.2) is 4.39 Å². The highest BCUT2D eigenvalue weighted by Gasteiger charge is 2.24. The second kappa shape index (κ2) is 7.01. The molecule has 1 aromatic carbocycles. The number of likely N-dealkylation sites (N-methyl/N-ethyl adjacent to an activating group) is 1. The number of benzene rings is 1. The summed E-state index contributed by atoms with van der Waals surface area (Å²) in [4.78, 5) is 0. The summed E-state index contributed by atoms with van der Waals surface area (Å²) in [5.41, 5.74) is 2.24. The Morgan fingerprint density at radius 1 is 1.42 bits per heavy atom. The van der Waals surface area contributed by atoms with E-state index in [1.165, 1.54) is 12.5 Å². The van der Waals surface area contributed by atoms with Gasteiger partial charge in [-0.2, -0.15) is 0 Å². The number of ether oxygens (including phenoxy) is 1. The molecule has 1 saturated heterocycles. The largest absolute Gasteiger partial charge is 0.377 e. The summed E-state index contributed by atoms with van der Waals surface area (Å²) < 4.78 is 19.3. The second-order valence-corrected chi connectivity index (χ2v) is 5.34. The van der Waals surface area contributed by atoms with E-state index in [1.807, 2.05) is 13.0 Å². The van der Waals surface area contributed by atoms with E-state index in [-0.39, 0.29) is 18.0 Å². The predicted octanol–water partition coefficient (Wildman–Crippen LogP) is 3.22. The maximum atomic E-state index is 13.4. The van der Waals surface area contributed by atoms with E-state index in [4.69, 9.17) is 4.74 Å². The summed E-state index contributed by atoms with van der Waals surface area (Å²) in [6.07, 6.45) is 4.59. The highest BCUT2D eigenvalue weighted by molar-refractivity contribution is 5.27. The summed E-state index contributed by atoms with van der Waals surface area (Å²) in [6.45, 7) is 5.92. The fourth-order valence-corrected chi connectivity index (χ4v) is 2.78. The van der Waals surface area contributed by atoms with Crippen molar-refractivity contribution in [1.82, 2.24) is 5.32 Å². The van der Waals surface area contributed by atoms with Crippen molar-refractivity contribution in [3.05, 3.63) is 35.1 Å². The molecule has 1 fully saturated rings. The van der Waals surface area contributed by atoms with Crippen LogP contribution in [0.3, 0.4) is 0 Å². The number of nitrogens with one attached hydrogen (secondary N) is 1. The van der Waals surface area contributed by atoms with Gasteiger partial charge in [0.25, 0.3) is 0 Å². The normalized spacial score (nSPS) is 21.3. The van der Waals surface area contributed by atoms with Gasteiger partial charge in [-0.15, -0.1) is 0 Å². The van der Waals surface area contributed by atoms with Crippen LogP contribution in [0.5, 0.6) is 0 Å². The first-order chi connectivity index (χ1) is 9.20. The summed E-state index contributed by atoms with van der Waals surface area (Å²) in [5.74, 6) is -0.152. The maximum absolute atomic E-state index is 13.4. The Morgan fingerprint density at radius 2 is 2.26 bits per heavy atom. The quantitative estimate of drug-likeness (QED) is 0.882. The van der Waals surface area contributed by atoms with E-state index in [2.05, 4.69) is 12.2 Å². The lowest BCUT2D eigenvalue weighted by Crippen LogP contribution is -2.44. The Hall–Kier alpha value is -0.930. The van der Waals surface area contributed by atoms with Gasteiger partial charge in [-0.05, 0) is 62.4 Å². The lowest BCUT2D eigenvalue weighted by atomic mass is 9.94. The maximum Gasteiger partial charge on any atom is 0.123 e. The Kier molecular flexibility index (Phi) is 5.34. The lowest BCUT2D eigenvalue weighted by molar-refractivity contribution is -0.00712. The molecule has 0 bridgehead atoms. The van der Waals surface area contributed by atoms with Crippen LogP contribution in [0.2, 0.25) is 0 Å². The van der Waals surface area contributed by atoms with E-state index < -0.39 is 0 Å². The molecule has 3 heteroatoms.